The van der Waals surface area contributed by atoms with E-state index >= 15 is 0 Å². The summed E-state index contributed by atoms with van der Waals surface area (Å²) in [5.74, 6) is -3.06. The monoisotopic (exact) mass is 357 g/mol. The first-order chi connectivity index (χ1) is 11.4. The summed E-state index contributed by atoms with van der Waals surface area (Å²) in [6.45, 7) is -3.34. The molecule has 0 N–H and O–H groups in total. The molecule has 4 nitrogen and oxygen atoms in total. The van der Waals surface area contributed by atoms with Gasteiger partial charge in [-0.05, 0) is 24.3 Å². The highest BCUT2D eigenvalue weighted by atomic mass is 35.5. The molecule has 0 radical (unpaired) electrons. The fourth-order valence-corrected chi connectivity index (χ4v) is 2.43. The van der Waals surface area contributed by atoms with Crippen LogP contribution in [0.4, 0.5) is 17.6 Å². The molecule has 0 aliphatic heterocycles. The lowest BCUT2D eigenvalue weighted by Gasteiger charge is -2.05. The van der Waals surface area contributed by atoms with Crippen LogP contribution in [0.25, 0.3) is 17.1 Å². The van der Waals surface area contributed by atoms with Crippen molar-refractivity contribution in [3.63, 3.8) is 0 Å². The van der Waals surface area contributed by atoms with Crippen molar-refractivity contribution in [3.05, 3.63) is 69.6 Å². The molecular formula is C15H8ClF4N3O. The van der Waals surface area contributed by atoms with Gasteiger partial charge in [-0.25, -0.2) is 18.1 Å². The molecule has 0 aliphatic carbocycles. The highest BCUT2D eigenvalue weighted by molar-refractivity contribution is 6.32. The van der Waals surface area contributed by atoms with E-state index in [2.05, 4.69) is 5.10 Å². The second-order valence-corrected chi connectivity index (χ2v) is 5.12. The summed E-state index contributed by atoms with van der Waals surface area (Å²) < 4.78 is 54.9. The van der Waals surface area contributed by atoms with Gasteiger partial charge >= 0.3 is 12.2 Å². The van der Waals surface area contributed by atoms with Gasteiger partial charge in [0, 0.05) is 0 Å². The lowest BCUT2D eigenvalue weighted by atomic mass is 10.2. The second-order valence-electron chi connectivity index (χ2n) is 4.71. The zero-order chi connectivity index (χ0) is 17.4. The third-order valence-electron chi connectivity index (χ3n) is 3.27. The third-order valence-corrected chi connectivity index (χ3v) is 3.59. The Morgan fingerprint density at radius 1 is 1.00 bits per heavy atom. The van der Waals surface area contributed by atoms with Crippen molar-refractivity contribution < 1.29 is 17.6 Å². The predicted octanol–water partition coefficient (Wildman–Crippen LogP) is 4.03. The first kappa shape index (κ1) is 16.3. The van der Waals surface area contributed by atoms with Crippen LogP contribution in [0.1, 0.15) is 6.55 Å². The van der Waals surface area contributed by atoms with Crippen molar-refractivity contribution in [2.75, 3.05) is 0 Å². The van der Waals surface area contributed by atoms with Crippen LogP contribution in [0.2, 0.25) is 5.02 Å². The minimum Gasteiger partial charge on any atom is -0.245 e. The van der Waals surface area contributed by atoms with Gasteiger partial charge in [-0.1, -0.05) is 29.8 Å². The Kier molecular flexibility index (Phi) is 4.15. The average molecular weight is 358 g/mol. The molecule has 1 aromatic heterocycles. The summed E-state index contributed by atoms with van der Waals surface area (Å²) in [5.41, 5.74) is -2.07. The zero-order valence-electron chi connectivity index (χ0n) is 11.8. The van der Waals surface area contributed by atoms with Gasteiger partial charge in [0.05, 0.1) is 16.3 Å². The van der Waals surface area contributed by atoms with Crippen LogP contribution in [0, 0.1) is 11.6 Å². The largest absolute Gasteiger partial charge is 0.355 e. The van der Waals surface area contributed by atoms with Gasteiger partial charge < -0.3 is 0 Å². The molecule has 124 valence electrons. The molecule has 3 aromatic rings. The third kappa shape index (κ3) is 2.58. The Morgan fingerprint density at radius 2 is 1.62 bits per heavy atom. The molecule has 0 aliphatic rings. The number of benzene rings is 2. The molecule has 3 rings (SSSR count). The number of nitrogens with zero attached hydrogens (tertiary/aromatic N) is 3. The minimum absolute atomic E-state index is 0.0153. The summed E-state index contributed by atoms with van der Waals surface area (Å²) in [6, 6.07) is 8.71. The maximum Gasteiger partial charge on any atom is 0.355 e. The zero-order valence-corrected chi connectivity index (χ0v) is 12.5. The quantitative estimate of drug-likeness (QED) is 0.664. The smallest absolute Gasteiger partial charge is 0.245 e. The van der Waals surface area contributed by atoms with Crippen LogP contribution >= 0.6 is 11.6 Å². The number of halogens is 5. The molecule has 0 saturated heterocycles. The van der Waals surface area contributed by atoms with Crippen molar-refractivity contribution >= 4 is 11.6 Å². The molecule has 0 saturated carbocycles. The lowest BCUT2D eigenvalue weighted by molar-refractivity contribution is 0.0678. The fourth-order valence-electron chi connectivity index (χ4n) is 2.22. The van der Waals surface area contributed by atoms with Crippen molar-refractivity contribution in [1.82, 2.24) is 14.3 Å². The summed E-state index contributed by atoms with van der Waals surface area (Å²) in [4.78, 5) is 12.3. The van der Waals surface area contributed by atoms with E-state index in [-0.39, 0.29) is 15.3 Å². The van der Waals surface area contributed by atoms with Gasteiger partial charge in [-0.2, -0.15) is 13.5 Å². The van der Waals surface area contributed by atoms with Crippen LogP contribution in [0.15, 0.2) is 47.3 Å². The van der Waals surface area contributed by atoms with E-state index in [1.54, 1.807) is 6.07 Å². The molecule has 0 spiro atoms. The first-order valence-corrected chi connectivity index (χ1v) is 6.98. The van der Waals surface area contributed by atoms with Crippen molar-refractivity contribution in [2.24, 2.45) is 0 Å². The first-order valence-electron chi connectivity index (χ1n) is 6.61. The lowest BCUT2D eigenvalue weighted by Crippen LogP contribution is -2.24. The summed E-state index contributed by atoms with van der Waals surface area (Å²) >= 11 is 5.94. The van der Waals surface area contributed by atoms with Crippen molar-refractivity contribution in [1.29, 1.82) is 0 Å². The highest BCUT2D eigenvalue weighted by Gasteiger charge is 2.26. The van der Waals surface area contributed by atoms with Crippen LogP contribution in [0.5, 0.6) is 0 Å². The molecule has 0 unspecified atom stereocenters. The van der Waals surface area contributed by atoms with E-state index in [9.17, 15) is 22.4 Å². The number of hydrogen-bond donors (Lipinski definition) is 0. The number of hydrogen-bond acceptors (Lipinski definition) is 2. The number of aromatic nitrogens is 3. The Morgan fingerprint density at radius 3 is 2.21 bits per heavy atom. The molecule has 2 aromatic carbocycles. The fraction of sp³-hybridized carbons (Fsp3) is 0.0667. The molecule has 0 bridgehead atoms. The molecule has 1 heterocycles. The van der Waals surface area contributed by atoms with Crippen LogP contribution in [0.3, 0.4) is 0 Å². The van der Waals surface area contributed by atoms with Crippen LogP contribution in [-0.4, -0.2) is 14.3 Å². The average Bonchev–Trinajstić information content (AvgIpc) is 2.85. The number of rotatable bonds is 3. The highest BCUT2D eigenvalue weighted by Crippen LogP contribution is 2.27. The maximum absolute atomic E-state index is 13.9. The van der Waals surface area contributed by atoms with Crippen molar-refractivity contribution in [2.45, 2.75) is 6.55 Å². The van der Waals surface area contributed by atoms with Gasteiger partial charge in [-0.15, -0.1) is 5.10 Å². The van der Waals surface area contributed by atoms with Crippen LogP contribution < -0.4 is 5.69 Å². The Bertz CT molecular complexity index is 947. The van der Waals surface area contributed by atoms with Gasteiger partial charge in [0.2, 0.25) is 0 Å². The summed E-state index contributed by atoms with van der Waals surface area (Å²) in [6.07, 6.45) is 0. The molecular weight excluding hydrogens is 350 g/mol. The van der Waals surface area contributed by atoms with E-state index in [1.807, 2.05) is 0 Å². The van der Waals surface area contributed by atoms with Gasteiger partial charge in [0.15, 0.2) is 5.82 Å². The summed E-state index contributed by atoms with van der Waals surface area (Å²) in [7, 11) is 0. The Balaban J connectivity index is 2.35. The molecule has 0 amide bonds. The molecule has 0 fully saturated rings. The van der Waals surface area contributed by atoms with E-state index < -0.39 is 35.3 Å². The van der Waals surface area contributed by atoms with E-state index in [4.69, 9.17) is 11.6 Å². The van der Waals surface area contributed by atoms with Gasteiger partial charge in [0.25, 0.3) is 0 Å². The van der Waals surface area contributed by atoms with Gasteiger partial charge in [-0.3, -0.25) is 0 Å². The SMILES string of the molecule is O=c1n(-c2ccccc2Cl)nc(-c2c(F)cccc2F)n1C(F)F. The van der Waals surface area contributed by atoms with Gasteiger partial charge in [0.1, 0.15) is 11.6 Å². The van der Waals surface area contributed by atoms with Crippen molar-refractivity contribution in [3.8, 4) is 17.1 Å². The molecule has 9 heteroatoms. The Hall–Kier alpha value is -2.61. The minimum atomic E-state index is -3.34. The molecule has 24 heavy (non-hydrogen) atoms. The Labute approximate surface area is 137 Å². The van der Waals surface area contributed by atoms with E-state index in [0.717, 1.165) is 18.2 Å². The maximum atomic E-state index is 13.9. The number of para-hydroxylation sites is 1. The summed E-state index contributed by atoms with van der Waals surface area (Å²) in [5, 5.41) is 3.75. The van der Waals surface area contributed by atoms with E-state index in [1.165, 1.54) is 18.2 Å². The topological polar surface area (TPSA) is 39.8 Å². The second kappa shape index (κ2) is 6.12. The standard InChI is InChI=1S/C15H8ClF4N3O/c16-8-4-1-2-7-11(8)23-15(24)22(14(19)20)13(21-23)12-9(17)5-3-6-10(12)18/h1-7,14H. The number of alkyl halides is 2. The normalized spacial score (nSPS) is 11.2. The van der Waals surface area contributed by atoms with Crippen LogP contribution in [-0.2, 0) is 0 Å². The predicted molar refractivity (Wildman–Crippen MR) is 79.4 cm³/mol. The van der Waals surface area contributed by atoms with E-state index in [0.29, 0.717) is 4.68 Å². The molecule has 0 atom stereocenters.